The lowest BCUT2D eigenvalue weighted by atomic mass is 10.0. The number of pyridine rings is 2. The third kappa shape index (κ3) is 2.16. The Labute approximate surface area is 128 Å². The monoisotopic (exact) mass is 289 g/mol. The third-order valence-corrected chi connectivity index (χ3v) is 3.73. The fourth-order valence-corrected chi connectivity index (χ4v) is 2.67. The molecule has 1 aliphatic heterocycles. The molecule has 108 valence electrons. The van der Waals surface area contributed by atoms with Gasteiger partial charge in [0.15, 0.2) is 0 Å². The summed E-state index contributed by atoms with van der Waals surface area (Å²) in [5.41, 5.74) is 5.79. The summed E-state index contributed by atoms with van der Waals surface area (Å²) in [6, 6.07) is 9.97. The molecule has 0 radical (unpaired) electrons. The Bertz CT molecular complexity index is 850. The SMILES string of the molecule is Cc1cccc(-c2n[nH]cc2C2C=Cc3ncccc3N2)n1. The molecule has 1 unspecified atom stereocenters. The smallest absolute Gasteiger partial charge is 0.116 e. The van der Waals surface area contributed by atoms with E-state index in [1.807, 2.05) is 49.5 Å². The second-order valence-electron chi connectivity index (χ2n) is 5.27. The molecule has 5 nitrogen and oxygen atoms in total. The van der Waals surface area contributed by atoms with Gasteiger partial charge in [-0.1, -0.05) is 12.1 Å². The van der Waals surface area contributed by atoms with E-state index in [0.29, 0.717) is 0 Å². The van der Waals surface area contributed by atoms with Crippen molar-refractivity contribution < 1.29 is 0 Å². The normalized spacial score (nSPS) is 16.1. The highest BCUT2D eigenvalue weighted by atomic mass is 15.1. The highest BCUT2D eigenvalue weighted by molar-refractivity contribution is 5.70. The molecule has 0 spiro atoms. The van der Waals surface area contributed by atoms with E-state index in [-0.39, 0.29) is 6.04 Å². The van der Waals surface area contributed by atoms with Crippen LogP contribution in [0.25, 0.3) is 17.5 Å². The summed E-state index contributed by atoms with van der Waals surface area (Å²) in [6.07, 6.45) is 7.85. The lowest BCUT2D eigenvalue weighted by molar-refractivity contribution is 0.971. The molecule has 0 aromatic carbocycles. The fourth-order valence-electron chi connectivity index (χ4n) is 2.67. The van der Waals surface area contributed by atoms with E-state index in [0.717, 1.165) is 34.0 Å². The van der Waals surface area contributed by atoms with Crippen molar-refractivity contribution >= 4 is 11.8 Å². The van der Waals surface area contributed by atoms with Crippen LogP contribution in [0.2, 0.25) is 0 Å². The minimum Gasteiger partial charge on any atom is -0.373 e. The van der Waals surface area contributed by atoms with Crippen LogP contribution in [-0.4, -0.2) is 20.2 Å². The topological polar surface area (TPSA) is 66.5 Å². The third-order valence-electron chi connectivity index (χ3n) is 3.73. The molecule has 3 aromatic heterocycles. The van der Waals surface area contributed by atoms with E-state index >= 15 is 0 Å². The number of aryl methyl sites for hydroxylation is 1. The van der Waals surface area contributed by atoms with Crippen molar-refractivity contribution in [3.05, 3.63) is 65.8 Å². The van der Waals surface area contributed by atoms with E-state index < -0.39 is 0 Å². The molecule has 4 heterocycles. The van der Waals surface area contributed by atoms with Crippen molar-refractivity contribution in [1.82, 2.24) is 20.2 Å². The second kappa shape index (κ2) is 5.11. The average molecular weight is 289 g/mol. The highest BCUT2D eigenvalue weighted by Gasteiger charge is 2.20. The summed E-state index contributed by atoms with van der Waals surface area (Å²) >= 11 is 0. The van der Waals surface area contributed by atoms with E-state index in [9.17, 15) is 0 Å². The number of aromatic nitrogens is 4. The Morgan fingerprint density at radius 1 is 1.14 bits per heavy atom. The van der Waals surface area contributed by atoms with Gasteiger partial charge in [0.05, 0.1) is 23.1 Å². The number of rotatable bonds is 2. The second-order valence-corrected chi connectivity index (χ2v) is 5.27. The molecule has 0 saturated carbocycles. The molecular weight excluding hydrogens is 274 g/mol. The fraction of sp³-hybridized carbons (Fsp3) is 0.118. The first-order chi connectivity index (χ1) is 10.8. The number of nitrogens with zero attached hydrogens (tertiary/aromatic N) is 3. The van der Waals surface area contributed by atoms with E-state index in [1.165, 1.54) is 0 Å². The van der Waals surface area contributed by atoms with Gasteiger partial charge in [-0.15, -0.1) is 0 Å². The maximum atomic E-state index is 4.57. The molecule has 0 saturated heterocycles. The van der Waals surface area contributed by atoms with Gasteiger partial charge >= 0.3 is 0 Å². The van der Waals surface area contributed by atoms with Crippen LogP contribution < -0.4 is 5.32 Å². The van der Waals surface area contributed by atoms with Crippen LogP contribution in [0.4, 0.5) is 5.69 Å². The molecule has 4 rings (SSSR count). The summed E-state index contributed by atoms with van der Waals surface area (Å²) in [6.45, 7) is 1.98. The predicted octanol–water partition coefficient (Wildman–Crippen LogP) is 3.36. The number of aromatic amines is 1. The zero-order valence-electron chi connectivity index (χ0n) is 12.1. The molecule has 0 aliphatic carbocycles. The maximum absolute atomic E-state index is 4.57. The van der Waals surface area contributed by atoms with Gasteiger partial charge in [0.2, 0.25) is 0 Å². The first-order valence-electron chi connectivity index (χ1n) is 7.19. The molecule has 0 bridgehead atoms. The molecule has 2 N–H and O–H groups in total. The van der Waals surface area contributed by atoms with Crippen molar-refractivity contribution in [2.45, 2.75) is 13.0 Å². The van der Waals surface area contributed by atoms with Crippen molar-refractivity contribution in [2.24, 2.45) is 0 Å². The van der Waals surface area contributed by atoms with Crippen LogP contribution in [0.15, 0.2) is 48.8 Å². The largest absolute Gasteiger partial charge is 0.373 e. The zero-order valence-corrected chi connectivity index (χ0v) is 12.1. The Morgan fingerprint density at radius 2 is 2.09 bits per heavy atom. The zero-order chi connectivity index (χ0) is 14.9. The van der Waals surface area contributed by atoms with Gasteiger partial charge in [-0.2, -0.15) is 5.10 Å². The van der Waals surface area contributed by atoms with Crippen LogP contribution in [0, 0.1) is 6.92 Å². The highest BCUT2D eigenvalue weighted by Crippen LogP contribution is 2.32. The molecule has 22 heavy (non-hydrogen) atoms. The molecule has 0 amide bonds. The summed E-state index contributed by atoms with van der Waals surface area (Å²) in [5, 5.41) is 10.8. The van der Waals surface area contributed by atoms with Crippen LogP contribution in [0.5, 0.6) is 0 Å². The van der Waals surface area contributed by atoms with Crippen LogP contribution in [-0.2, 0) is 0 Å². The first-order valence-corrected chi connectivity index (χ1v) is 7.19. The standard InChI is InChI=1S/C17H15N5/c1-11-4-2-5-16(20-11)17-12(10-19-22-17)13-7-8-14-15(21-13)6-3-9-18-14/h2-10,13,21H,1H3,(H,19,22). The molecule has 1 aliphatic rings. The summed E-state index contributed by atoms with van der Waals surface area (Å²) in [7, 11) is 0. The lowest BCUT2D eigenvalue weighted by Crippen LogP contribution is -2.13. The van der Waals surface area contributed by atoms with Gasteiger partial charge < -0.3 is 5.32 Å². The minimum absolute atomic E-state index is 0.0489. The van der Waals surface area contributed by atoms with Crippen molar-refractivity contribution in [2.75, 3.05) is 5.32 Å². The number of anilines is 1. The quantitative estimate of drug-likeness (QED) is 0.759. The first kappa shape index (κ1) is 12.8. The summed E-state index contributed by atoms with van der Waals surface area (Å²) < 4.78 is 0. The van der Waals surface area contributed by atoms with Gasteiger partial charge in [0.25, 0.3) is 0 Å². The predicted molar refractivity (Wildman–Crippen MR) is 86.2 cm³/mol. The van der Waals surface area contributed by atoms with Gasteiger partial charge in [-0.3, -0.25) is 15.1 Å². The van der Waals surface area contributed by atoms with Gasteiger partial charge in [-0.05, 0) is 37.3 Å². The van der Waals surface area contributed by atoms with E-state index in [2.05, 4.69) is 31.6 Å². The molecule has 0 fully saturated rings. The van der Waals surface area contributed by atoms with Crippen molar-refractivity contribution in [3.8, 4) is 11.4 Å². The van der Waals surface area contributed by atoms with Crippen LogP contribution in [0.1, 0.15) is 23.0 Å². The minimum atomic E-state index is 0.0489. The van der Waals surface area contributed by atoms with Gasteiger partial charge in [-0.25, -0.2) is 0 Å². The van der Waals surface area contributed by atoms with E-state index in [1.54, 1.807) is 6.20 Å². The lowest BCUT2D eigenvalue weighted by Gasteiger charge is -2.21. The van der Waals surface area contributed by atoms with Gasteiger partial charge in [0.1, 0.15) is 5.69 Å². The average Bonchev–Trinajstić information content (AvgIpc) is 3.04. The Morgan fingerprint density at radius 3 is 3.00 bits per heavy atom. The summed E-state index contributed by atoms with van der Waals surface area (Å²) in [4.78, 5) is 8.91. The summed E-state index contributed by atoms with van der Waals surface area (Å²) in [5.74, 6) is 0. The maximum Gasteiger partial charge on any atom is 0.116 e. The number of H-pyrrole nitrogens is 1. The van der Waals surface area contributed by atoms with Crippen molar-refractivity contribution in [1.29, 1.82) is 0 Å². The van der Waals surface area contributed by atoms with E-state index in [4.69, 9.17) is 0 Å². The number of fused-ring (bicyclic) bond motifs is 1. The number of hydrogen-bond acceptors (Lipinski definition) is 4. The Balaban J connectivity index is 1.73. The Hall–Kier alpha value is -2.95. The number of nitrogens with one attached hydrogen (secondary N) is 2. The number of hydrogen-bond donors (Lipinski definition) is 2. The molecule has 3 aromatic rings. The Kier molecular flexibility index (Phi) is 2.96. The molecular formula is C17H15N5. The van der Waals surface area contributed by atoms with Crippen LogP contribution in [0.3, 0.4) is 0 Å². The van der Waals surface area contributed by atoms with Crippen LogP contribution >= 0.6 is 0 Å². The van der Waals surface area contributed by atoms with Crippen molar-refractivity contribution in [3.63, 3.8) is 0 Å². The molecule has 1 atom stereocenters. The molecule has 5 heteroatoms. The van der Waals surface area contributed by atoms with Gasteiger partial charge in [0, 0.05) is 23.7 Å².